The first-order valence-corrected chi connectivity index (χ1v) is 8.38. The van der Waals surface area contributed by atoms with Gasteiger partial charge in [0.25, 0.3) is 0 Å². The Morgan fingerprint density at radius 2 is 1.48 bits per heavy atom. The Hall–Kier alpha value is -2.02. The van der Waals surface area contributed by atoms with Crippen molar-refractivity contribution in [2.45, 2.75) is 31.1 Å². The number of alkyl halides is 4. The maximum Gasteiger partial charge on any atom is 0.573 e. The molecule has 2 aromatic carbocycles. The number of carbonyl (C=O) groups is 1. The summed E-state index contributed by atoms with van der Waals surface area (Å²) in [6.45, 7) is 3.81. The van der Waals surface area contributed by atoms with Gasteiger partial charge in [-0.1, -0.05) is 28.1 Å². The van der Waals surface area contributed by atoms with Crippen LogP contribution in [0.5, 0.6) is 11.5 Å². The Morgan fingerprint density at radius 1 is 0.960 bits per heavy atom. The van der Waals surface area contributed by atoms with E-state index in [4.69, 9.17) is 4.74 Å². The highest BCUT2D eigenvalue weighted by Gasteiger charge is 2.31. The molecule has 25 heavy (non-hydrogen) atoms. The molecule has 0 amide bonds. The molecule has 0 fully saturated rings. The first kappa shape index (κ1) is 19.3. The van der Waals surface area contributed by atoms with E-state index in [0.717, 1.165) is 0 Å². The van der Waals surface area contributed by atoms with E-state index in [1.165, 1.54) is 24.3 Å². The molecular weight excluding hydrogens is 401 g/mol. The van der Waals surface area contributed by atoms with Crippen molar-refractivity contribution in [1.29, 1.82) is 0 Å². The van der Waals surface area contributed by atoms with Crippen LogP contribution in [0.1, 0.15) is 34.6 Å². The maximum absolute atomic E-state index is 12.5. The van der Waals surface area contributed by atoms with E-state index in [-0.39, 0.29) is 17.6 Å². The van der Waals surface area contributed by atoms with Crippen LogP contribution in [0.2, 0.25) is 0 Å². The molecule has 0 bridgehead atoms. The van der Waals surface area contributed by atoms with Crippen molar-refractivity contribution in [2.75, 3.05) is 0 Å². The molecule has 0 N–H and O–H groups in total. The maximum atomic E-state index is 12.5. The zero-order chi connectivity index (χ0) is 18.6. The van der Waals surface area contributed by atoms with Crippen LogP contribution in [0.4, 0.5) is 13.2 Å². The highest BCUT2D eigenvalue weighted by atomic mass is 79.9. The molecular formula is C18H16BrF3O3. The zero-order valence-electron chi connectivity index (χ0n) is 13.5. The summed E-state index contributed by atoms with van der Waals surface area (Å²) in [5.41, 5.74) is 0.996. The molecule has 0 spiro atoms. The van der Waals surface area contributed by atoms with Gasteiger partial charge in [0.05, 0.1) is 6.10 Å². The van der Waals surface area contributed by atoms with Gasteiger partial charge in [-0.2, -0.15) is 0 Å². The van der Waals surface area contributed by atoms with Crippen LogP contribution in [0.25, 0.3) is 0 Å². The van der Waals surface area contributed by atoms with Crippen LogP contribution in [-0.2, 0) is 0 Å². The van der Waals surface area contributed by atoms with Crippen molar-refractivity contribution in [2.24, 2.45) is 0 Å². The van der Waals surface area contributed by atoms with Crippen molar-refractivity contribution in [1.82, 2.24) is 0 Å². The zero-order valence-corrected chi connectivity index (χ0v) is 15.1. The minimum absolute atomic E-state index is 0.0305. The summed E-state index contributed by atoms with van der Waals surface area (Å²) in [4.78, 5) is 11.8. The van der Waals surface area contributed by atoms with Crippen LogP contribution < -0.4 is 9.47 Å². The Labute approximate surface area is 151 Å². The van der Waals surface area contributed by atoms with E-state index in [1.807, 2.05) is 13.8 Å². The molecule has 7 heteroatoms. The van der Waals surface area contributed by atoms with Gasteiger partial charge in [-0.05, 0) is 55.8 Å². The molecule has 3 nitrogen and oxygen atoms in total. The minimum atomic E-state index is -4.75. The van der Waals surface area contributed by atoms with Gasteiger partial charge >= 0.3 is 6.36 Å². The fraction of sp³-hybridized carbons (Fsp3) is 0.278. The Balaban J connectivity index is 2.08. The molecule has 0 aromatic heterocycles. The molecule has 1 unspecified atom stereocenters. The summed E-state index contributed by atoms with van der Waals surface area (Å²) in [6, 6.07) is 11.9. The van der Waals surface area contributed by atoms with Crippen LogP contribution >= 0.6 is 15.9 Å². The normalized spacial score (nSPS) is 12.8. The smallest absolute Gasteiger partial charge is 0.491 e. The minimum Gasteiger partial charge on any atom is -0.491 e. The van der Waals surface area contributed by atoms with E-state index in [0.29, 0.717) is 16.9 Å². The van der Waals surface area contributed by atoms with Crippen LogP contribution in [0.15, 0.2) is 48.5 Å². The molecule has 0 heterocycles. The lowest BCUT2D eigenvalue weighted by molar-refractivity contribution is -0.274. The number of benzene rings is 2. The van der Waals surface area contributed by atoms with Crippen molar-refractivity contribution in [3.05, 3.63) is 59.7 Å². The Kier molecular flexibility index (Phi) is 6.11. The highest BCUT2D eigenvalue weighted by molar-refractivity contribution is 9.09. The molecule has 0 aliphatic rings. The van der Waals surface area contributed by atoms with Crippen LogP contribution in [0, 0.1) is 0 Å². The van der Waals surface area contributed by atoms with E-state index in [1.54, 1.807) is 24.3 Å². The third-order valence-electron chi connectivity index (χ3n) is 3.15. The number of Topliss-reactive ketones (excluding diaryl/α,β-unsaturated/α-hetero) is 1. The summed E-state index contributed by atoms with van der Waals surface area (Å²) in [5.74, 6) is 0.116. The van der Waals surface area contributed by atoms with Crippen LogP contribution in [-0.4, -0.2) is 18.2 Å². The SMILES string of the molecule is CC(C)Oc1ccc(C(=O)C(Br)c2ccc(OC(F)(F)F)cc2)cc1. The fourth-order valence-corrected chi connectivity index (χ4v) is 2.68. The Morgan fingerprint density at radius 3 is 1.96 bits per heavy atom. The van der Waals surface area contributed by atoms with Crippen molar-refractivity contribution >= 4 is 21.7 Å². The average Bonchev–Trinajstić information content (AvgIpc) is 2.53. The number of hydrogen-bond acceptors (Lipinski definition) is 3. The third-order valence-corrected chi connectivity index (χ3v) is 4.09. The van der Waals surface area contributed by atoms with E-state index in [2.05, 4.69) is 20.7 Å². The molecule has 1 atom stereocenters. The number of rotatable bonds is 6. The molecule has 2 aromatic rings. The summed E-state index contributed by atoms with van der Waals surface area (Å²) in [5, 5.41) is 0. The lowest BCUT2D eigenvalue weighted by Gasteiger charge is -2.13. The summed E-state index contributed by atoms with van der Waals surface area (Å²) in [7, 11) is 0. The van der Waals surface area contributed by atoms with Gasteiger partial charge in [-0.25, -0.2) is 0 Å². The highest BCUT2D eigenvalue weighted by Crippen LogP contribution is 2.30. The first-order valence-electron chi connectivity index (χ1n) is 7.46. The molecule has 2 rings (SSSR count). The second-order valence-corrected chi connectivity index (χ2v) is 6.45. The van der Waals surface area contributed by atoms with Gasteiger partial charge in [0.15, 0.2) is 5.78 Å². The quantitative estimate of drug-likeness (QED) is 0.448. The predicted octanol–water partition coefficient (Wildman–Crippen LogP) is 5.69. The second-order valence-electron chi connectivity index (χ2n) is 5.53. The third kappa shape index (κ3) is 5.77. The van der Waals surface area contributed by atoms with Gasteiger partial charge in [-0.3, -0.25) is 4.79 Å². The lowest BCUT2D eigenvalue weighted by Crippen LogP contribution is -2.17. The van der Waals surface area contributed by atoms with Crippen molar-refractivity contribution in [3.8, 4) is 11.5 Å². The lowest BCUT2D eigenvalue weighted by atomic mass is 10.0. The molecule has 0 saturated carbocycles. The number of carbonyl (C=O) groups excluding carboxylic acids is 1. The monoisotopic (exact) mass is 416 g/mol. The molecule has 0 aliphatic heterocycles. The van der Waals surface area contributed by atoms with Gasteiger partial charge < -0.3 is 9.47 Å². The second kappa shape index (κ2) is 7.91. The molecule has 134 valence electrons. The summed E-state index contributed by atoms with van der Waals surface area (Å²) >= 11 is 3.29. The van der Waals surface area contributed by atoms with Gasteiger partial charge in [0, 0.05) is 5.56 Å². The van der Waals surface area contributed by atoms with Gasteiger partial charge in [0.1, 0.15) is 16.3 Å². The number of ketones is 1. The standard InChI is InChI=1S/C18H16BrF3O3/c1-11(2)24-14-7-5-13(6-8-14)17(23)16(19)12-3-9-15(10-4-12)25-18(20,21)22/h3-11,16H,1-2H3. The number of hydrogen-bond donors (Lipinski definition) is 0. The molecule has 0 radical (unpaired) electrons. The van der Waals surface area contributed by atoms with Gasteiger partial charge in [-0.15, -0.1) is 13.2 Å². The van der Waals surface area contributed by atoms with E-state index >= 15 is 0 Å². The van der Waals surface area contributed by atoms with E-state index in [9.17, 15) is 18.0 Å². The Bertz CT molecular complexity index is 710. The topological polar surface area (TPSA) is 35.5 Å². The van der Waals surface area contributed by atoms with Gasteiger partial charge in [0.2, 0.25) is 0 Å². The van der Waals surface area contributed by atoms with Crippen LogP contribution in [0.3, 0.4) is 0 Å². The average molecular weight is 417 g/mol. The fourth-order valence-electron chi connectivity index (χ4n) is 2.11. The summed E-state index contributed by atoms with van der Waals surface area (Å²) < 4.78 is 45.8. The summed E-state index contributed by atoms with van der Waals surface area (Å²) in [6.07, 6.45) is -4.71. The van der Waals surface area contributed by atoms with Crippen molar-refractivity contribution < 1.29 is 27.4 Å². The predicted molar refractivity (Wildman–Crippen MR) is 91.3 cm³/mol. The number of ether oxygens (including phenoxy) is 2. The first-order chi connectivity index (χ1) is 11.7. The largest absolute Gasteiger partial charge is 0.573 e. The van der Waals surface area contributed by atoms with Crippen molar-refractivity contribution in [3.63, 3.8) is 0 Å². The van der Waals surface area contributed by atoms with E-state index < -0.39 is 11.2 Å². The molecule has 0 aliphatic carbocycles. The number of halogens is 4. The molecule has 0 saturated heterocycles.